The van der Waals surface area contributed by atoms with E-state index in [2.05, 4.69) is 155 Å². The van der Waals surface area contributed by atoms with Gasteiger partial charge in [-0.05, 0) is 104 Å². The van der Waals surface area contributed by atoms with E-state index in [4.69, 9.17) is 0 Å². The fourth-order valence-electron chi connectivity index (χ4n) is 11.1. The molecule has 0 saturated heterocycles. The molecule has 3 aromatic rings. The number of rotatable bonds is 2. The van der Waals surface area contributed by atoms with Gasteiger partial charge in [-0.2, -0.15) is 0 Å². The Morgan fingerprint density at radius 2 is 1.11 bits per heavy atom. The van der Waals surface area contributed by atoms with Gasteiger partial charge >= 0.3 is 0 Å². The normalized spacial score (nSPS) is 33.8. The summed E-state index contributed by atoms with van der Waals surface area (Å²) in [5.74, 6) is 6.69. The van der Waals surface area contributed by atoms with E-state index < -0.39 is 0 Å². The van der Waals surface area contributed by atoms with Crippen LogP contribution < -0.4 is 0 Å². The van der Waals surface area contributed by atoms with Gasteiger partial charge in [0.25, 0.3) is 0 Å². The van der Waals surface area contributed by atoms with Gasteiger partial charge in [-0.1, -0.05) is 161 Å². The van der Waals surface area contributed by atoms with Crippen molar-refractivity contribution in [3.05, 3.63) is 156 Å². The molecule has 0 heteroatoms. The van der Waals surface area contributed by atoms with Crippen LogP contribution in [0.5, 0.6) is 0 Å². The Balaban J connectivity index is 1.34. The zero-order chi connectivity index (χ0) is 31.2. The summed E-state index contributed by atoms with van der Waals surface area (Å²) in [6, 6.07) is 18.9. The van der Waals surface area contributed by atoms with Crippen molar-refractivity contribution < 1.29 is 0 Å². The molecule has 0 heterocycles. The fraction of sp³-hybridized carbons (Fsp3) is 0.348. The van der Waals surface area contributed by atoms with E-state index in [9.17, 15) is 0 Å². The smallest absolute Gasteiger partial charge is 0.0389 e. The molecule has 7 unspecified atom stereocenters. The van der Waals surface area contributed by atoms with Crippen LogP contribution in [-0.2, 0) is 0 Å². The molecule has 3 aromatic carbocycles. The first-order chi connectivity index (χ1) is 22.4. The summed E-state index contributed by atoms with van der Waals surface area (Å²) < 4.78 is 0. The average molecular weight is 599 g/mol. The second-order valence-corrected chi connectivity index (χ2v) is 16.0. The lowest BCUT2D eigenvalue weighted by atomic mass is 9.46. The van der Waals surface area contributed by atoms with E-state index in [0.29, 0.717) is 41.4 Å². The van der Waals surface area contributed by atoms with E-state index in [1.807, 2.05) is 0 Å². The molecule has 6 aliphatic carbocycles. The maximum Gasteiger partial charge on any atom is 0.0389 e. The minimum Gasteiger partial charge on any atom is -0.0882 e. The Morgan fingerprint density at radius 1 is 0.543 bits per heavy atom. The van der Waals surface area contributed by atoms with Gasteiger partial charge in [0.1, 0.15) is 0 Å². The summed E-state index contributed by atoms with van der Waals surface area (Å²) >= 11 is 0. The van der Waals surface area contributed by atoms with Gasteiger partial charge in [0.15, 0.2) is 0 Å². The standard InChI is InChI=1S/C46H46/c1-45(2)37-25-13-9-21-33(37)43(34-22-10-14-26-38(34)45)41-29-17-5-7-19-31(29)42(32-20-8-6-18-30(32)41)44-35-23-11-15-27-39(35)46(3,4)40-28-16-12-24-36(40)44/h5-23,25,27,33,35-40H,24,26,28H2,1-4H3. The molecule has 7 atom stereocenters. The maximum atomic E-state index is 2.55. The number of hydrogen-bond donors (Lipinski definition) is 0. The minimum atomic E-state index is 0.182. The van der Waals surface area contributed by atoms with Crippen molar-refractivity contribution >= 4 is 21.5 Å². The van der Waals surface area contributed by atoms with Crippen LogP contribution >= 0.6 is 0 Å². The SMILES string of the molecule is CC1(C)C2CC=CC=C2[C](c2c3ccccc3c([C]3C4C=CC=CC4C(C)(C)C4CC=CCC34)c3ccccc23)C2C=CC=CC21. The van der Waals surface area contributed by atoms with Crippen molar-refractivity contribution in [3.8, 4) is 0 Å². The average Bonchev–Trinajstić information content (AvgIpc) is 3.09. The molecule has 0 aliphatic heterocycles. The first-order valence-electron chi connectivity index (χ1n) is 17.8. The van der Waals surface area contributed by atoms with Crippen molar-refractivity contribution in [1.82, 2.24) is 0 Å². The van der Waals surface area contributed by atoms with E-state index in [1.54, 1.807) is 17.4 Å². The van der Waals surface area contributed by atoms with Crippen molar-refractivity contribution in [3.63, 3.8) is 0 Å². The molecular formula is C46H46. The van der Waals surface area contributed by atoms with Crippen LogP contribution in [0.15, 0.2) is 133 Å². The molecule has 0 bridgehead atoms. The largest absolute Gasteiger partial charge is 0.0882 e. The molecule has 6 aliphatic rings. The molecule has 0 amide bonds. The molecule has 0 nitrogen and oxygen atoms in total. The highest BCUT2D eigenvalue weighted by Crippen LogP contribution is 2.64. The zero-order valence-electron chi connectivity index (χ0n) is 27.8. The van der Waals surface area contributed by atoms with Gasteiger partial charge in [0.2, 0.25) is 0 Å². The van der Waals surface area contributed by atoms with Crippen molar-refractivity contribution in [2.24, 2.45) is 52.3 Å². The second kappa shape index (κ2) is 10.4. The number of allylic oxidation sites excluding steroid dienone is 14. The molecule has 46 heavy (non-hydrogen) atoms. The van der Waals surface area contributed by atoms with Crippen LogP contribution in [0.3, 0.4) is 0 Å². The summed E-state index contributed by atoms with van der Waals surface area (Å²) in [5.41, 5.74) is 4.97. The van der Waals surface area contributed by atoms with E-state index >= 15 is 0 Å². The summed E-state index contributed by atoms with van der Waals surface area (Å²) in [6.45, 7) is 10.1. The zero-order valence-corrected chi connectivity index (χ0v) is 27.8. The fourth-order valence-corrected chi connectivity index (χ4v) is 11.1. The quantitative estimate of drug-likeness (QED) is 0.203. The molecule has 2 radical (unpaired) electrons. The van der Waals surface area contributed by atoms with Gasteiger partial charge in [-0.3, -0.25) is 0 Å². The molecule has 9 rings (SSSR count). The van der Waals surface area contributed by atoms with Crippen LogP contribution in [0.25, 0.3) is 21.5 Å². The van der Waals surface area contributed by atoms with Crippen LogP contribution in [-0.4, -0.2) is 0 Å². The molecule has 230 valence electrons. The highest BCUT2D eigenvalue weighted by atomic mass is 14.6. The van der Waals surface area contributed by atoms with Crippen molar-refractivity contribution in [2.75, 3.05) is 0 Å². The monoisotopic (exact) mass is 598 g/mol. The lowest BCUT2D eigenvalue weighted by Gasteiger charge is -2.57. The number of fused-ring (bicyclic) bond motifs is 6. The first kappa shape index (κ1) is 28.6. The lowest BCUT2D eigenvalue weighted by molar-refractivity contribution is 0.0293. The van der Waals surface area contributed by atoms with Crippen LogP contribution in [0.2, 0.25) is 0 Å². The van der Waals surface area contributed by atoms with Crippen LogP contribution in [0, 0.1) is 64.1 Å². The first-order valence-corrected chi connectivity index (χ1v) is 17.8. The third-order valence-electron chi connectivity index (χ3n) is 13.3. The maximum absolute atomic E-state index is 2.55. The van der Waals surface area contributed by atoms with Gasteiger partial charge in [0, 0.05) is 11.8 Å². The third kappa shape index (κ3) is 3.92. The molecular weight excluding hydrogens is 553 g/mol. The summed E-state index contributed by atoms with van der Waals surface area (Å²) in [6.07, 6.45) is 34.9. The predicted octanol–water partition coefficient (Wildman–Crippen LogP) is 11.7. The molecule has 0 aromatic heterocycles. The lowest BCUT2D eigenvalue weighted by Crippen LogP contribution is -2.50. The molecule has 2 fully saturated rings. The number of hydrogen-bond acceptors (Lipinski definition) is 0. The summed E-state index contributed by atoms with van der Waals surface area (Å²) in [5, 5.41) is 5.73. The van der Waals surface area contributed by atoms with Crippen LogP contribution in [0.1, 0.15) is 58.1 Å². The Labute approximate surface area is 276 Å². The highest BCUT2D eigenvalue weighted by molar-refractivity contribution is 6.09. The molecule has 2 saturated carbocycles. The van der Waals surface area contributed by atoms with Gasteiger partial charge in [-0.15, -0.1) is 0 Å². The Hall–Kier alpha value is -3.64. The van der Waals surface area contributed by atoms with Crippen molar-refractivity contribution in [1.29, 1.82) is 0 Å². The number of benzene rings is 3. The summed E-state index contributed by atoms with van der Waals surface area (Å²) in [7, 11) is 0. The van der Waals surface area contributed by atoms with E-state index in [1.165, 1.54) is 39.1 Å². The van der Waals surface area contributed by atoms with E-state index in [-0.39, 0.29) is 10.8 Å². The Kier molecular flexibility index (Phi) is 6.48. The summed E-state index contributed by atoms with van der Waals surface area (Å²) in [4.78, 5) is 0. The topological polar surface area (TPSA) is 0 Å². The second-order valence-electron chi connectivity index (χ2n) is 16.0. The third-order valence-corrected chi connectivity index (χ3v) is 13.3. The van der Waals surface area contributed by atoms with E-state index in [0.717, 1.165) is 12.8 Å². The minimum absolute atomic E-state index is 0.182. The Bertz CT molecular complexity index is 1870. The van der Waals surface area contributed by atoms with Crippen molar-refractivity contribution in [2.45, 2.75) is 47.0 Å². The highest BCUT2D eigenvalue weighted by Gasteiger charge is 2.55. The Morgan fingerprint density at radius 3 is 1.78 bits per heavy atom. The van der Waals surface area contributed by atoms with Gasteiger partial charge < -0.3 is 0 Å². The molecule has 0 N–H and O–H groups in total. The van der Waals surface area contributed by atoms with Crippen LogP contribution in [0.4, 0.5) is 0 Å². The van der Waals surface area contributed by atoms with Gasteiger partial charge in [0.05, 0.1) is 0 Å². The predicted molar refractivity (Wildman–Crippen MR) is 195 cm³/mol. The molecule has 0 spiro atoms. The van der Waals surface area contributed by atoms with Gasteiger partial charge in [-0.25, -0.2) is 0 Å².